The molecule has 0 aliphatic carbocycles. The van der Waals surface area contributed by atoms with Crippen molar-refractivity contribution in [2.45, 2.75) is 51.4 Å². The number of hydrogen-bond donors (Lipinski definition) is 0. The number of unbranched alkanes of at least 4 members (excludes halogenated alkanes) is 6. The molecule has 0 heterocycles. The molecule has 15 heteroatoms. The molecule has 15 nitrogen and oxygen atoms in total. The molecule has 0 aromatic heterocycles. The van der Waals surface area contributed by atoms with Gasteiger partial charge in [0, 0.05) is 12.2 Å². The van der Waals surface area contributed by atoms with Crippen LogP contribution in [0.25, 0.3) is 11.1 Å². The molecule has 0 spiro atoms. The molecule has 0 amide bonds. The minimum atomic E-state index is -0.855. The molecule has 0 saturated carbocycles. The Morgan fingerprint density at radius 3 is 1.38 bits per heavy atom. The predicted octanol–water partition coefficient (Wildman–Crippen LogP) is 10.3. The van der Waals surface area contributed by atoms with Crippen LogP contribution in [0.2, 0.25) is 0 Å². The van der Waals surface area contributed by atoms with Crippen LogP contribution in [0.5, 0.6) is 28.7 Å². The molecule has 370 valence electrons. The van der Waals surface area contributed by atoms with E-state index in [2.05, 4.69) is 19.2 Å². The summed E-state index contributed by atoms with van der Waals surface area (Å²) in [4.78, 5) is 62.4. The summed E-state index contributed by atoms with van der Waals surface area (Å²) in [6.07, 6.45) is 8.85. The van der Waals surface area contributed by atoms with Crippen molar-refractivity contribution in [3.05, 3.63) is 163 Å². The van der Waals surface area contributed by atoms with Gasteiger partial charge in [-0.25, -0.2) is 24.0 Å². The molecule has 0 bridgehead atoms. The van der Waals surface area contributed by atoms with E-state index in [1.807, 2.05) is 36.4 Å². The van der Waals surface area contributed by atoms with E-state index in [-0.39, 0.29) is 54.6 Å². The third-order valence-corrected chi connectivity index (χ3v) is 10.4. The van der Waals surface area contributed by atoms with E-state index < -0.39 is 29.8 Å². The third-order valence-electron chi connectivity index (χ3n) is 10.4. The number of nitriles is 1. The fourth-order valence-corrected chi connectivity index (χ4v) is 6.55. The molecule has 5 aromatic rings. The Bertz CT molecular complexity index is 2550. The molecule has 0 aliphatic heterocycles. The van der Waals surface area contributed by atoms with Gasteiger partial charge < -0.3 is 42.6 Å². The Morgan fingerprint density at radius 2 is 0.873 bits per heavy atom. The Balaban J connectivity index is 1.12. The second-order valence-corrected chi connectivity index (χ2v) is 15.6. The maximum atomic E-state index is 13.5. The van der Waals surface area contributed by atoms with Gasteiger partial charge in [-0.3, -0.25) is 0 Å². The van der Waals surface area contributed by atoms with E-state index in [9.17, 15) is 24.0 Å². The molecular formula is C56H57NO14. The van der Waals surface area contributed by atoms with Gasteiger partial charge in [0.1, 0.15) is 47.5 Å². The zero-order valence-electron chi connectivity index (χ0n) is 39.5. The van der Waals surface area contributed by atoms with Crippen LogP contribution in [-0.4, -0.2) is 82.7 Å². The maximum absolute atomic E-state index is 13.5. The topological polar surface area (TPSA) is 192 Å². The zero-order chi connectivity index (χ0) is 50.5. The predicted molar refractivity (Wildman–Crippen MR) is 263 cm³/mol. The van der Waals surface area contributed by atoms with E-state index in [0.717, 1.165) is 74.6 Å². The molecule has 0 N–H and O–H groups in total. The first kappa shape index (κ1) is 53.7. The van der Waals surface area contributed by atoms with Crippen LogP contribution in [-0.2, 0) is 28.5 Å². The highest BCUT2D eigenvalue weighted by molar-refractivity contribution is 5.97. The van der Waals surface area contributed by atoms with Crippen molar-refractivity contribution in [2.24, 2.45) is 0 Å². The zero-order valence-corrected chi connectivity index (χ0v) is 39.5. The molecule has 0 aliphatic rings. The molecular weight excluding hydrogens is 911 g/mol. The summed E-state index contributed by atoms with van der Waals surface area (Å²) in [5.74, 6) is -1.56. The summed E-state index contributed by atoms with van der Waals surface area (Å²) < 4.78 is 49.8. The summed E-state index contributed by atoms with van der Waals surface area (Å²) in [6, 6.07) is 33.7. The normalized spacial score (nSPS) is 10.5. The van der Waals surface area contributed by atoms with Crippen molar-refractivity contribution in [2.75, 3.05) is 52.9 Å². The number of hydrogen-bond acceptors (Lipinski definition) is 15. The van der Waals surface area contributed by atoms with E-state index in [1.165, 1.54) is 18.2 Å². The van der Waals surface area contributed by atoms with Gasteiger partial charge in [-0.1, -0.05) is 37.4 Å². The fourth-order valence-electron chi connectivity index (χ4n) is 6.55. The summed E-state index contributed by atoms with van der Waals surface area (Å²) in [5.41, 5.74) is 2.78. The number of rotatable bonds is 31. The minimum Gasteiger partial charge on any atom is -0.494 e. The van der Waals surface area contributed by atoms with Gasteiger partial charge in [-0.2, -0.15) is 5.26 Å². The molecule has 5 rings (SSSR count). The standard InChI is InChI=1S/C56H57NO14/c1-3-52(58)67-33-11-7-5-9-31-64-46-25-19-44(20-26-46)54(60)70-49-29-30-51(71-55(61)45-21-27-47(28-22-45)65-32-10-6-8-12-34-68-53(59)4-2)50(39-49)56(62)69-38-36-63-35-37-66-48-23-17-43(18-24-48)42-15-13-41(40-57)14-16-42/h3-4,13-30,39H,1-2,5-12,31-38H2. The number of esters is 5. The van der Waals surface area contributed by atoms with Crippen LogP contribution >= 0.6 is 0 Å². The smallest absolute Gasteiger partial charge is 0.343 e. The van der Waals surface area contributed by atoms with Gasteiger partial charge in [-0.05, 0) is 153 Å². The van der Waals surface area contributed by atoms with Crippen molar-refractivity contribution in [3.63, 3.8) is 0 Å². The monoisotopic (exact) mass is 967 g/mol. The number of benzene rings is 5. The molecule has 0 saturated heterocycles. The van der Waals surface area contributed by atoms with Gasteiger partial charge in [0.2, 0.25) is 0 Å². The third kappa shape index (κ3) is 19.4. The first-order valence-corrected chi connectivity index (χ1v) is 23.3. The Labute approximate surface area is 413 Å². The Hall–Kier alpha value is -8.22. The highest BCUT2D eigenvalue weighted by Crippen LogP contribution is 2.28. The maximum Gasteiger partial charge on any atom is 0.343 e. The first-order chi connectivity index (χ1) is 34.6. The largest absolute Gasteiger partial charge is 0.494 e. The van der Waals surface area contributed by atoms with E-state index in [1.54, 1.807) is 60.7 Å². The summed E-state index contributed by atoms with van der Waals surface area (Å²) in [5, 5.41) is 9.05. The van der Waals surface area contributed by atoms with Crippen molar-refractivity contribution < 1.29 is 66.6 Å². The highest BCUT2D eigenvalue weighted by atomic mass is 16.6. The highest BCUT2D eigenvalue weighted by Gasteiger charge is 2.21. The molecule has 0 atom stereocenters. The SMILES string of the molecule is C=CC(=O)OCCCCCCOc1ccc(C(=O)Oc2ccc(OC(=O)c3ccc(OCCCCCCOC(=O)C=C)cc3)c(C(=O)OCCOCCOc3ccc(-c4ccc(C#N)cc4)cc3)c2)cc1. The lowest BCUT2D eigenvalue weighted by Gasteiger charge is -2.13. The van der Waals surface area contributed by atoms with Crippen molar-refractivity contribution >= 4 is 29.8 Å². The molecule has 5 aromatic carbocycles. The van der Waals surface area contributed by atoms with Gasteiger partial charge in [0.15, 0.2) is 0 Å². The number of carbonyl (C=O) groups excluding carboxylic acids is 5. The van der Waals surface area contributed by atoms with Gasteiger partial charge in [-0.15, -0.1) is 0 Å². The summed E-state index contributed by atoms with van der Waals surface area (Å²) in [7, 11) is 0. The van der Waals surface area contributed by atoms with Crippen LogP contribution in [0, 0.1) is 11.3 Å². The number of nitrogens with zero attached hydrogens (tertiary/aromatic N) is 1. The molecule has 0 radical (unpaired) electrons. The van der Waals surface area contributed by atoms with Crippen LogP contribution in [0.3, 0.4) is 0 Å². The number of carbonyl (C=O) groups is 5. The van der Waals surface area contributed by atoms with Crippen LogP contribution in [0.4, 0.5) is 0 Å². The second kappa shape index (κ2) is 30.3. The Morgan fingerprint density at radius 1 is 0.437 bits per heavy atom. The summed E-state index contributed by atoms with van der Waals surface area (Å²) >= 11 is 0. The Kier molecular flexibility index (Phi) is 22.9. The van der Waals surface area contributed by atoms with E-state index in [0.29, 0.717) is 49.2 Å². The average molecular weight is 968 g/mol. The van der Waals surface area contributed by atoms with E-state index in [4.69, 9.17) is 47.9 Å². The lowest BCUT2D eigenvalue weighted by molar-refractivity contribution is -0.138. The molecule has 0 fully saturated rings. The van der Waals surface area contributed by atoms with Crippen molar-refractivity contribution in [1.82, 2.24) is 0 Å². The molecule has 0 unspecified atom stereocenters. The lowest BCUT2D eigenvalue weighted by Crippen LogP contribution is -2.16. The number of ether oxygens (including phenoxy) is 9. The van der Waals surface area contributed by atoms with Crippen LogP contribution in [0.1, 0.15) is 88.0 Å². The van der Waals surface area contributed by atoms with Crippen molar-refractivity contribution in [1.29, 1.82) is 5.26 Å². The van der Waals surface area contributed by atoms with Gasteiger partial charge in [0.05, 0.1) is 62.4 Å². The van der Waals surface area contributed by atoms with Crippen LogP contribution < -0.4 is 23.7 Å². The van der Waals surface area contributed by atoms with Gasteiger partial charge in [0.25, 0.3) is 0 Å². The minimum absolute atomic E-state index is 0.00250. The quantitative estimate of drug-likeness (QED) is 0.0134. The average Bonchev–Trinajstić information content (AvgIpc) is 3.40. The summed E-state index contributed by atoms with van der Waals surface area (Å²) in [6.45, 7) is 8.67. The van der Waals surface area contributed by atoms with Gasteiger partial charge >= 0.3 is 29.8 Å². The molecule has 71 heavy (non-hydrogen) atoms. The first-order valence-electron chi connectivity index (χ1n) is 23.3. The second-order valence-electron chi connectivity index (χ2n) is 15.6. The van der Waals surface area contributed by atoms with Crippen LogP contribution in [0.15, 0.2) is 141 Å². The van der Waals surface area contributed by atoms with E-state index >= 15 is 0 Å². The lowest BCUT2D eigenvalue weighted by atomic mass is 10.0. The fraction of sp³-hybridized carbons (Fsp3) is 0.286. The van der Waals surface area contributed by atoms with Crippen molar-refractivity contribution in [3.8, 4) is 45.9 Å².